The van der Waals surface area contributed by atoms with Gasteiger partial charge in [0.1, 0.15) is 5.82 Å². The molecule has 1 heterocycles. The smallest absolute Gasteiger partial charge is 0.132 e. The molecule has 0 radical (unpaired) electrons. The lowest BCUT2D eigenvalue weighted by Crippen LogP contribution is -2.05. The predicted molar refractivity (Wildman–Crippen MR) is 54.5 cm³/mol. The molecule has 3 heteroatoms. The van der Waals surface area contributed by atoms with E-state index in [0.29, 0.717) is 5.39 Å². The summed E-state index contributed by atoms with van der Waals surface area (Å²) < 4.78 is 13.3. The number of benzene rings is 1. The number of nitrogens with one attached hydrogen (secondary N) is 1. The molecule has 0 amide bonds. The Kier molecular flexibility index (Phi) is 2.41. The van der Waals surface area contributed by atoms with E-state index in [1.165, 1.54) is 6.07 Å². The van der Waals surface area contributed by atoms with E-state index in [0.717, 1.165) is 17.5 Å². The van der Waals surface area contributed by atoms with Gasteiger partial charge >= 0.3 is 0 Å². The molecule has 72 valence electrons. The minimum atomic E-state index is -0.215. The minimum Gasteiger partial charge on any atom is -0.316 e. The third kappa shape index (κ3) is 1.46. The largest absolute Gasteiger partial charge is 0.316 e. The van der Waals surface area contributed by atoms with Crippen LogP contribution in [0.4, 0.5) is 4.39 Å². The Bertz CT molecular complexity index is 454. The number of rotatable bonds is 2. The van der Waals surface area contributed by atoms with Crippen LogP contribution in [0.25, 0.3) is 10.8 Å². The van der Waals surface area contributed by atoms with Gasteiger partial charge in [-0.1, -0.05) is 6.07 Å². The summed E-state index contributed by atoms with van der Waals surface area (Å²) in [5.41, 5.74) is 1.09. The van der Waals surface area contributed by atoms with Gasteiger partial charge in [-0.3, -0.25) is 4.98 Å². The van der Waals surface area contributed by atoms with E-state index < -0.39 is 0 Å². The van der Waals surface area contributed by atoms with Crippen molar-refractivity contribution in [1.82, 2.24) is 10.3 Å². The molecular weight excluding hydrogens is 179 g/mol. The van der Waals surface area contributed by atoms with Crippen molar-refractivity contribution < 1.29 is 4.39 Å². The zero-order chi connectivity index (χ0) is 9.97. The second kappa shape index (κ2) is 3.72. The van der Waals surface area contributed by atoms with Crippen molar-refractivity contribution in [2.45, 2.75) is 6.54 Å². The van der Waals surface area contributed by atoms with Crippen molar-refractivity contribution in [3.63, 3.8) is 0 Å². The van der Waals surface area contributed by atoms with Crippen LogP contribution in [0.5, 0.6) is 0 Å². The van der Waals surface area contributed by atoms with Gasteiger partial charge < -0.3 is 5.32 Å². The summed E-state index contributed by atoms with van der Waals surface area (Å²) >= 11 is 0. The van der Waals surface area contributed by atoms with Gasteiger partial charge in [0.15, 0.2) is 0 Å². The maximum Gasteiger partial charge on any atom is 0.132 e. The monoisotopic (exact) mass is 190 g/mol. The van der Waals surface area contributed by atoms with Gasteiger partial charge in [-0.05, 0) is 30.1 Å². The van der Waals surface area contributed by atoms with Crippen LogP contribution < -0.4 is 5.32 Å². The molecule has 2 aromatic rings. The zero-order valence-corrected chi connectivity index (χ0v) is 7.92. The summed E-state index contributed by atoms with van der Waals surface area (Å²) in [6, 6.07) is 5.12. The van der Waals surface area contributed by atoms with Crippen LogP contribution in [0.15, 0.2) is 30.6 Å². The minimum absolute atomic E-state index is 0.215. The SMILES string of the molecule is CNCc1ccc(F)c2cnccc12. The summed E-state index contributed by atoms with van der Waals surface area (Å²) in [5.74, 6) is -0.215. The highest BCUT2D eigenvalue weighted by molar-refractivity contribution is 5.85. The van der Waals surface area contributed by atoms with Gasteiger partial charge in [0.25, 0.3) is 0 Å². The van der Waals surface area contributed by atoms with E-state index in [9.17, 15) is 4.39 Å². The molecular formula is C11H11FN2. The summed E-state index contributed by atoms with van der Waals surface area (Å²) in [4.78, 5) is 3.91. The van der Waals surface area contributed by atoms with Crippen LogP contribution in [0.2, 0.25) is 0 Å². The van der Waals surface area contributed by atoms with Gasteiger partial charge in [-0.2, -0.15) is 0 Å². The van der Waals surface area contributed by atoms with Crippen LogP contribution in [-0.2, 0) is 6.54 Å². The van der Waals surface area contributed by atoms with Crippen LogP contribution in [0, 0.1) is 5.82 Å². The molecule has 0 fully saturated rings. The number of nitrogens with zero attached hydrogens (tertiary/aromatic N) is 1. The Morgan fingerprint density at radius 1 is 1.29 bits per heavy atom. The average Bonchev–Trinajstić information content (AvgIpc) is 2.23. The molecule has 0 unspecified atom stereocenters. The van der Waals surface area contributed by atoms with E-state index in [1.54, 1.807) is 18.5 Å². The van der Waals surface area contributed by atoms with Crippen molar-refractivity contribution >= 4 is 10.8 Å². The molecule has 0 aliphatic heterocycles. The standard InChI is InChI=1S/C11H11FN2/c1-13-6-8-2-3-11(12)10-7-14-5-4-9(8)10/h2-5,7,13H,6H2,1H3. The van der Waals surface area contributed by atoms with Crippen molar-refractivity contribution in [2.24, 2.45) is 0 Å². The van der Waals surface area contributed by atoms with Gasteiger partial charge in [0.05, 0.1) is 0 Å². The van der Waals surface area contributed by atoms with Crippen molar-refractivity contribution in [3.8, 4) is 0 Å². The molecule has 0 saturated heterocycles. The molecule has 1 N–H and O–H groups in total. The third-order valence-electron chi connectivity index (χ3n) is 2.22. The maximum absolute atomic E-state index is 13.3. The molecule has 0 bridgehead atoms. The van der Waals surface area contributed by atoms with E-state index in [2.05, 4.69) is 10.3 Å². The van der Waals surface area contributed by atoms with E-state index >= 15 is 0 Å². The second-order valence-electron chi connectivity index (χ2n) is 3.16. The number of hydrogen-bond donors (Lipinski definition) is 1. The third-order valence-corrected chi connectivity index (χ3v) is 2.22. The average molecular weight is 190 g/mol. The van der Waals surface area contributed by atoms with E-state index in [-0.39, 0.29) is 5.82 Å². The Morgan fingerprint density at radius 2 is 2.14 bits per heavy atom. The van der Waals surface area contributed by atoms with Gasteiger partial charge in [0, 0.05) is 24.3 Å². The maximum atomic E-state index is 13.3. The first-order chi connectivity index (χ1) is 6.83. The number of aromatic nitrogens is 1. The normalized spacial score (nSPS) is 10.7. The van der Waals surface area contributed by atoms with Crippen molar-refractivity contribution in [3.05, 3.63) is 42.0 Å². The Morgan fingerprint density at radius 3 is 2.93 bits per heavy atom. The Labute approximate surface area is 81.8 Å². The van der Waals surface area contributed by atoms with Crippen molar-refractivity contribution in [1.29, 1.82) is 0 Å². The van der Waals surface area contributed by atoms with E-state index in [4.69, 9.17) is 0 Å². The number of pyridine rings is 1. The summed E-state index contributed by atoms with van der Waals surface area (Å²) in [6.45, 7) is 0.737. The molecule has 14 heavy (non-hydrogen) atoms. The van der Waals surface area contributed by atoms with Crippen molar-refractivity contribution in [2.75, 3.05) is 7.05 Å². The lowest BCUT2D eigenvalue weighted by atomic mass is 10.1. The fourth-order valence-electron chi connectivity index (χ4n) is 1.56. The molecule has 0 atom stereocenters. The molecule has 2 rings (SSSR count). The molecule has 2 nitrogen and oxygen atoms in total. The van der Waals surface area contributed by atoms with Crippen LogP contribution in [0.1, 0.15) is 5.56 Å². The summed E-state index contributed by atoms with van der Waals surface area (Å²) in [6.07, 6.45) is 3.24. The lowest BCUT2D eigenvalue weighted by Gasteiger charge is -2.05. The first-order valence-electron chi connectivity index (χ1n) is 4.48. The topological polar surface area (TPSA) is 24.9 Å². The van der Waals surface area contributed by atoms with Gasteiger partial charge in [0.2, 0.25) is 0 Å². The number of hydrogen-bond acceptors (Lipinski definition) is 2. The van der Waals surface area contributed by atoms with Crippen LogP contribution >= 0.6 is 0 Å². The second-order valence-corrected chi connectivity index (χ2v) is 3.16. The fraction of sp³-hybridized carbons (Fsp3) is 0.182. The van der Waals surface area contributed by atoms with E-state index in [1.807, 2.05) is 13.1 Å². The first kappa shape index (κ1) is 9.09. The number of halogens is 1. The molecule has 1 aromatic heterocycles. The van der Waals surface area contributed by atoms with Gasteiger partial charge in [-0.25, -0.2) is 4.39 Å². The summed E-state index contributed by atoms with van der Waals surface area (Å²) in [5, 5.41) is 4.56. The Balaban J connectivity index is 2.68. The lowest BCUT2D eigenvalue weighted by molar-refractivity contribution is 0.638. The Hall–Kier alpha value is -1.48. The zero-order valence-electron chi connectivity index (χ0n) is 7.92. The molecule has 1 aromatic carbocycles. The highest BCUT2D eigenvalue weighted by atomic mass is 19.1. The summed E-state index contributed by atoms with van der Waals surface area (Å²) in [7, 11) is 1.87. The molecule has 0 aliphatic rings. The quantitative estimate of drug-likeness (QED) is 0.784. The molecule has 0 spiro atoms. The highest BCUT2D eigenvalue weighted by Crippen LogP contribution is 2.20. The fourth-order valence-corrected chi connectivity index (χ4v) is 1.56. The van der Waals surface area contributed by atoms with Gasteiger partial charge in [-0.15, -0.1) is 0 Å². The number of fused-ring (bicyclic) bond motifs is 1. The molecule has 0 saturated carbocycles. The first-order valence-corrected chi connectivity index (χ1v) is 4.48. The molecule has 0 aliphatic carbocycles. The predicted octanol–water partition coefficient (Wildman–Crippen LogP) is 2.09. The van der Waals surface area contributed by atoms with Crippen LogP contribution in [-0.4, -0.2) is 12.0 Å². The van der Waals surface area contributed by atoms with Crippen LogP contribution in [0.3, 0.4) is 0 Å². The highest BCUT2D eigenvalue weighted by Gasteiger charge is 2.04.